The first kappa shape index (κ1) is 14.7. The Kier molecular flexibility index (Phi) is 3.92. The zero-order chi connectivity index (χ0) is 14.9. The van der Waals surface area contributed by atoms with E-state index in [1.54, 1.807) is 6.07 Å². The first-order valence-electron chi connectivity index (χ1n) is 6.42. The van der Waals surface area contributed by atoms with Crippen LogP contribution in [-0.2, 0) is 16.7 Å². The summed E-state index contributed by atoms with van der Waals surface area (Å²) in [7, 11) is -4.19. The second kappa shape index (κ2) is 5.34. The van der Waals surface area contributed by atoms with Gasteiger partial charge in [0.25, 0.3) is 10.1 Å². The van der Waals surface area contributed by atoms with Crippen molar-refractivity contribution in [1.82, 2.24) is 0 Å². The molecule has 1 aromatic heterocycles. The smallest absolute Gasteiger partial charge is 0.282 e. The molecule has 0 spiro atoms. The lowest BCUT2D eigenvalue weighted by Crippen LogP contribution is -2.35. The van der Waals surface area contributed by atoms with Crippen molar-refractivity contribution in [2.45, 2.75) is 32.2 Å². The van der Waals surface area contributed by atoms with Crippen LogP contribution in [0.1, 0.15) is 18.1 Å². The summed E-state index contributed by atoms with van der Waals surface area (Å²) < 4.78 is 33.9. The number of aromatic nitrogens is 1. The van der Waals surface area contributed by atoms with Crippen molar-refractivity contribution in [1.29, 1.82) is 0 Å². The lowest BCUT2D eigenvalue weighted by Gasteiger charge is -2.09. The number of aryl methyl sites for hydroxylation is 3. The number of rotatable bonds is 3. The monoisotopic (exact) mass is 292 g/mol. The molecule has 0 unspecified atom stereocenters. The highest BCUT2D eigenvalue weighted by atomic mass is 32.2. The van der Waals surface area contributed by atoms with Gasteiger partial charge in [0.2, 0.25) is 5.69 Å². The first-order chi connectivity index (χ1) is 9.34. The minimum Gasteiger partial charge on any atom is -0.282 e. The molecule has 0 aliphatic carbocycles. The van der Waals surface area contributed by atoms with Crippen molar-refractivity contribution >= 4 is 10.1 Å². The quantitative estimate of drug-likeness (QED) is 0.698. The molecule has 0 radical (unpaired) electrons. The van der Waals surface area contributed by atoms with E-state index in [1.165, 1.54) is 12.1 Å². The highest BCUT2D eigenvalue weighted by Crippen LogP contribution is 2.26. The molecule has 4 nitrogen and oxygen atoms in total. The summed E-state index contributed by atoms with van der Waals surface area (Å²) in [4.78, 5) is -0.0796. The van der Waals surface area contributed by atoms with Gasteiger partial charge in [-0.3, -0.25) is 4.55 Å². The van der Waals surface area contributed by atoms with E-state index < -0.39 is 10.1 Å². The fourth-order valence-electron chi connectivity index (χ4n) is 2.32. The standard InChI is InChI=1S/C15H17NO3S/c1-4-16-9-5-6-12(3)15(16)14-10-13(20(17,18)19)8-7-11(14)2/h5-10H,4H2,1-3H3/p+1. The maximum atomic E-state index is 11.3. The van der Waals surface area contributed by atoms with Crippen LogP contribution < -0.4 is 4.57 Å². The second-order valence-corrected chi connectivity index (χ2v) is 6.20. The van der Waals surface area contributed by atoms with E-state index in [0.717, 1.165) is 28.9 Å². The van der Waals surface area contributed by atoms with Crippen LogP contribution >= 0.6 is 0 Å². The summed E-state index contributed by atoms with van der Waals surface area (Å²) >= 11 is 0. The summed E-state index contributed by atoms with van der Waals surface area (Å²) in [6.07, 6.45) is 1.96. The maximum Gasteiger partial charge on any atom is 0.294 e. The summed E-state index contributed by atoms with van der Waals surface area (Å²) in [5.41, 5.74) is 3.82. The van der Waals surface area contributed by atoms with Crippen LogP contribution in [0.15, 0.2) is 41.4 Å². The van der Waals surface area contributed by atoms with Crippen molar-refractivity contribution in [3.8, 4) is 11.3 Å². The Balaban J connectivity index is 2.76. The minimum absolute atomic E-state index is 0.0796. The van der Waals surface area contributed by atoms with Gasteiger partial charge in [0, 0.05) is 11.6 Å². The molecule has 0 amide bonds. The van der Waals surface area contributed by atoms with E-state index in [-0.39, 0.29) is 4.90 Å². The van der Waals surface area contributed by atoms with Gasteiger partial charge < -0.3 is 0 Å². The first-order valence-corrected chi connectivity index (χ1v) is 7.86. The molecule has 0 bridgehead atoms. The third-order valence-electron chi connectivity index (χ3n) is 3.38. The van der Waals surface area contributed by atoms with E-state index in [2.05, 4.69) is 4.57 Å². The zero-order valence-electron chi connectivity index (χ0n) is 11.8. The van der Waals surface area contributed by atoms with Gasteiger partial charge in [-0.2, -0.15) is 13.0 Å². The van der Waals surface area contributed by atoms with Gasteiger partial charge in [-0.1, -0.05) is 6.07 Å². The van der Waals surface area contributed by atoms with E-state index in [9.17, 15) is 13.0 Å². The molecule has 1 heterocycles. The van der Waals surface area contributed by atoms with Crippen molar-refractivity contribution in [2.75, 3.05) is 0 Å². The van der Waals surface area contributed by atoms with Crippen LogP contribution in [0.3, 0.4) is 0 Å². The van der Waals surface area contributed by atoms with E-state index >= 15 is 0 Å². The second-order valence-electron chi connectivity index (χ2n) is 4.78. The Morgan fingerprint density at radius 1 is 1.15 bits per heavy atom. The molecular weight excluding hydrogens is 274 g/mol. The molecule has 5 heteroatoms. The molecule has 0 fully saturated rings. The van der Waals surface area contributed by atoms with E-state index in [1.807, 2.05) is 39.1 Å². The van der Waals surface area contributed by atoms with Crippen LogP contribution in [0.25, 0.3) is 11.3 Å². The van der Waals surface area contributed by atoms with E-state index in [4.69, 9.17) is 0 Å². The number of hydrogen-bond acceptors (Lipinski definition) is 2. The summed E-state index contributed by atoms with van der Waals surface area (Å²) in [6, 6.07) is 8.61. The number of hydrogen-bond donors (Lipinski definition) is 1. The number of nitrogens with zero attached hydrogens (tertiary/aromatic N) is 1. The average molecular weight is 292 g/mol. The molecular formula is C15H18NO3S+. The van der Waals surface area contributed by atoms with Crippen molar-refractivity contribution in [3.05, 3.63) is 47.7 Å². The Hall–Kier alpha value is -1.72. The van der Waals surface area contributed by atoms with Gasteiger partial charge in [-0.25, -0.2) is 0 Å². The highest BCUT2D eigenvalue weighted by molar-refractivity contribution is 7.85. The van der Waals surface area contributed by atoms with Crippen LogP contribution in [0.5, 0.6) is 0 Å². The number of benzene rings is 1. The zero-order valence-corrected chi connectivity index (χ0v) is 12.6. The van der Waals surface area contributed by atoms with Crippen LogP contribution in [0.4, 0.5) is 0 Å². The SMILES string of the molecule is CC[n+]1cccc(C)c1-c1cc(S(=O)(=O)O)ccc1C. The molecule has 0 atom stereocenters. The van der Waals surface area contributed by atoms with Gasteiger partial charge in [-0.15, -0.1) is 0 Å². The van der Waals surface area contributed by atoms with Crippen molar-refractivity contribution < 1.29 is 17.5 Å². The summed E-state index contributed by atoms with van der Waals surface area (Å²) in [5, 5.41) is 0. The third kappa shape index (κ3) is 2.73. The Morgan fingerprint density at radius 2 is 1.85 bits per heavy atom. The molecule has 2 aromatic rings. The predicted molar refractivity (Wildman–Crippen MR) is 77.0 cm³/mol. The normalized spacial score (nSPS) is 11.6. The summed E-state index contributed by atoms with van der Waals surface area (Å²) in [5.74, 6) is 0. The van der Waals surface area contributed by atoms with Crippen LogP contribution in [0.2, 0.25) is 0 Å². The third-order valence-corrected chi connectivity index (χ3v) is 4.23. The van der Waals surface area contributed by atoms with Gasteiger partial charge in [0.1, 0.15) is 6.54 Å². The molecule has 0 aliphatic rings. The molecule has 106 valence electrons. The van der Waals surface area contributed by atoms with Crippen LogP contribution in [-0.4, -0.2) is 13.0 Å². The van der Waals surface area contributed by atoms with Crippen LogP contribution in [0, 0.1) is 13.8 Å². The topological polar surface area (TPSA) is 58.2 Å². The Morgan fingerprint density at radius 3 is 2.45 bits per heavy atom. The lowest BCUT2D eigenvalue weighted by atomic mass is 10.0. The minimum atomic E-state index is -4.19. The van der Waals surface area contributed by atoms with Crippen molar-refractivity contribution in [3.63, 3.8) is 0 Å². The molecule has 0 saturated heterocycles. The highest BCUT2D eigenvalue weighted by Gasteiger charge is 2.19. The molecule has 0 saturated carbocycles. The fraction of sp³-hybridized carbons (Fsp3) is 0.267. The number of pyridine rings is 1. The molecule has 2 rings (SSSR count). The molecule has 20 heavy (non-hydrogen) atoms. The molecule has 1 N–H and O–H groups in total. The summed E-state index contributed by atoms with van der Waals surface area (Å²) in [6.45, 7) is 6.73. The average Bonchev–Trinajstić information content (AvgIpc) is 2.38. The van der Waals surface area contributed by atoms with E-state index in [0.29, 0.717) is 0 Å². The van der Waals surface area contributed by atoms with Gasteiger partial charge in [0.15, 0.2) is 6.20 Å². The van der Waals surface area contributed by atoms with Gasteiger partial charge in [-0.05, 0) is 44.5 Å². The molecule has 0 aliphatic heterocycles. The molecule has 1 aromatic carbocycles. The largest absolute Gasteiger partial charge is 0.294 e. The maximum absolute atomic E-state index is 11.3. The lowest BCUT2D eigenvalue weighted by molar-refractivity contribution is -0.683. The Bertz CT molecular complexity index is 752. The Labute approximate surface area is 119 Å². The fourth-order valence-corrected chi connectivity index (χ4v) is 2.83. The van der Waals surface area contributed by atoms with Gasteiger partial charge >= 0.3 is 0 Å². The predicted octanol–water partition coefficient (Wildman–Crippen LogP) is 2.52. The van der Waals surface area contributed by atoms with Gasteiger partial charge in [0.05, 0.1) is 10.5 Å². The van der Waals surface area contributed by atoms with Crippen molar-refractivity contribution in [2.24, 2.45) is 0 Å².